The Hall–Kier alpha value is -1.40. The predicted molar refractivity (Wildman–Crippen MR) is 79.2 cm³/mol. The van der Waals surface area contributed by atoms with Crippen LogP contribution in [0.3, 0.4) is 0 Å². The maximum absolute atomic E-state index is 12.3. The van der Waals surface area contributed by atoms with E-state index in [9.17, 15) is 13.2 Å². The lowest BCUT2D eigenvalue weighted by Crippen LogP contribution is -2.33. The summed E-state index contributed by atoms with van der Waals surface area (Å²) in [5.74, 6) is -0.117. The van der Waals surface area contributed by atoms with E-state index < -0.39 is 10.0 Å². The third-order valence-corrected chi connectivity index (χ3v) is 5.37. The number of carbonyl (C=O) groups excluding carboxylic acids is 1. The van der Waals surface area contributed by atoms with E-state index in [2.05, 4.69) is 0 Å². The fraction of sp³-hybridized carbons (Fsp3) is 0.500. The van der Waals surface area contributed by atoms with E-state index in [0.717, 1.165) is 0 Å². The van der Waals surface area contributed by atoms with E-state index in [4.69, 9.17) is 0 Å². The van der Waals surface area contributed by atoms with Crippen molar-refractivity contribution in [2.24, 2.45) is 0 Å². The van der Waals surface area contributed by atoms with Crippen LogP contribution in [-0.4, -0.2) is 50.2 Å². The molecule has 0 aromatic heterocycles. The van der Waals surface area contributed by atoms with Crippen LogP contribution in [0.4, 0.5) is 0 Å². The topological polar surface area (TPSA) is 57.7 Å². The van der Waals surface area contributed by atoms with Gasteiger partial charge in [-0.25, -0.2) is 8.42 Å². The number of hydrogen-bond acceptors (Lipinski definition) is 3. The highest BCUT2D eigenvalue weighted by molar-refractivity contribution is 7.89. The van der Waals surface area contributed by atoms with E-state index in [1.165, 1.54) is 16.4 Å². The molecule has 0 aliphatic rings. The number of carbonyl (C=O) groups is 1. The summed E-state index contributed by atoms with van der Waals surface area (Å²) in [5.41, 5.74) is 0.487. The Kier molecular flexibility index (Phi) is 5.30. The van der Waals surface area contributed by atoms with Crippen LogP contribution in [0.25, 0.3) is 0 Å². The fourth-order valence-corrected chi connectivity index (χ4v) is 2.94. The van der Waals surface area contributed by atoms with Crippen LogP contribution >= 0.6 is 0 Å². The quantitative estimate of drug-likeness (QED) is 0.833. The molecule has 0 radical (unpaired) electrons. The highest BCUT2D eigenvalue weighted by atomic mass is 32.2. The monoisotopic (exact) mass is 298 g/mol. The molecule has 0 heterocycles. The summed E-state index contributed by atoms with van der Waals surface area (Å²) >= 11 is 0. The van der Waals surface area contributed by atoms with Gasteiger partial charge < -0.3 is 4.90 Å². The van der Waals surface area contributed by atoms with Gasteiger partial charge in [0.1, 0.15) is 0 Å². The summed E-state index contributed by atoms with van der Waals surface area (Å²) in [7, 11) is -0.245. The summed E-state index contributed by atoms with van der Waals surface area (Å²) in [6, 6.07) is 5.94. The van der Waals surface area contributed by atoms with Gasteiger partial charge in [0, 0.05) is 32.2 Å². The molecular formula is C14H22N2O3S. The average molecular weight is 298 g/mol. The molecule has 0 aliphatic carbocycles. The largest absolute Gasteiger partial charge is 0.342 e. The van der Waals surface area contributed by atoms with Crippen molar-refractivity contribution in [2.75, 3.05) is 20.6 Å². The van der Waals surface area contributed by atoms with E-state index in [-0.39, 0.29) is 16.8 Å². The highest BCUT2D eigenvalue weighted by Crippen LogP contribution is 2.17. The van der Waals surface area contributed by atoms with Crippen LogP contribution < -0.4 is 0 Å². The Bertz CT molecular complexity index is 565. The second kappa shape index (κ2) is 6.37. The molecule has 5 nitrogen and oxygen atoms in total. The normalized spacial score (nSPS) is 11.9. The molecular weight excluding hydrogens is 276 g/mol. The third-order valence-electron chi connectivity index (χ3n) is 3.33. The molecule has 20 heavy (non-hydrogen) atoms. The standard InChI is InChI=1S/C14H22N2O3S/c1-6-15(4)14(17)12-7-9-13(10-8-12)20(18,19)16(5)11(2)3/h7-11H,6H2,1-5H3. The molecule has 0 fully saturated rings. The molecule has 0 aliphatic heterocycles. The van der Waals surface area contributed by atoms with Gasteiger partial charge in [-0.2, -0.15) is 4.31 Å². The first-order valence-corrected chi connectivity index (χ1v) is 7.99. The minimum absolute atomic E-state index is 0.117. The molecule has 1 amide bonds. The summed E-state index contributed by atoms with van der Waals surface area (Å²) in [4.78, 5) is 13.7. The number of rotatable bonds is 5. The molecule has 6 heteroatoms. The highest BCUT2D eigenvalue weighted by Gasteiger charge is 2.23. The van der Waals surface area contributed by atoms with Crippen molar-refractivity contribution in [3.8, 4) is 0 Å². The second-order valence-corrected chi connectivity index (χ2v) is 6.96. The summed E-state index contributed by atoms with van der Waals surface area (Å²) in [6.07, 6.45) is 0. The van der Waals surface area contributed by atoms with E-state index in [0.29, 0.717) is 12.1 Å². The van der Waals surface area contributed by atoms with Gasteiger partial charge in [0.2, 0.25) is 10.0 Å². The van der Waals surface area contributed by atoms with E-state index >= 15 is 0 Å². The molecule has 0 saturated carbocycles. The fourth-order valence-electron chi connectivity index (χ4n) is 1.58. The van der Waals surface area contributed by atoms with Gasteiger partial charge >= 0.3 is 0 Å². The SMILES string of the molecule is CCN(C)C(=O)c1ccc(S(=O)(=O)N(C)C(C)C)cc1. The smallest absolute Gasteiger partial charge is 0.253 e. The molecule has 0 spiro atoms. The Morgan fingerprint density at radius 1 is 1.15 bits per heavy atom. The van der Waals surface area contributed by atoms with Crippen LogP contribution in [0.15, 0.2) is 29.2 Å². The number of benzene rings is 1. The van der Waals surface area contributed by atoms with Crippen LogP contribution in [0.2, 0.25) is 0 Å². The van der Waals surface area contributed by atoms with Gasteiger partial charge in [-0.1, -0.05) is 0 Å². The van der Waals surface area contributed by atoms with E-state index in [1.807, 2.05) is 20.8 Å². The lowest BCUT2D eigenvalue weighted by atomic mass is 10.2. The second-order valence-electron chi connectivity index (χ2n) is 4.96. The first-order valence-electron chi connectivity index (χ1n) is 6.55. The molecule has 0 N–H and O–H groups in total. The van der Waals surface area contributed by atoms with Gasteiger partial charge in [-0.3, -0.25) is 4.79 Å². The van der Waals surface area contributed by atoms with Crippen LogP contribution in [-0.2, 0) is 10.0 Å². The summed E-state index contributed by atoms with van der Waals surface area (Å²) < 4.78 is 25.9. The molecule has 1 aromatic rings. The van der Waals surface area contributed by atoms with Crippen molar-refractivity contribution in [2.45, 2.75) is 31.7 Å². The van der Waals surface area contributed by atoms with Crippen LogP contribution in [0, 0.1) is 0 Å². The Morgan fingerprint density at radius 3 is 2.05 bits per heavy atom. The maximum atomic E-state index is 12.3. The molecule has 0 unspecified atom stereocenters. The number of sulfonamides is 1. The van der Waals surface area contributed by atoms with Crippen molar-refractivity contribution in [1.82, 2.24) is 9.21 Å². The Balaban J connectivity index is 3.06. The minimum Gasteiger partial charge on any atom is -0.342 e. The molecule has 112 valence electrons. The Labute approximate surface area is 121 Å². The molecule has 0 saturated heterocycles. The van der Waals surface area contributed by atoms with E-state index in [1.54, 1.807) is 31.1 Å². The summed E-state index contributed by atoms with van der Waals surface area (Å²) in [6.45, 7) is 6.11. The molecule has 1 aromatic carbocycles. The third kappa shape index (κ3) is 3.37. The van der Waals surface area contributed by atoms with Gasteiger partial charge in [0.05, 0.1) is 4.90 Å². The van der Waals surface area contributed by atoms with Crippen molar-refractivity contribution in [3.05, 3.63) is 29.8 Å². The number of nitrogens with zero attached hydrogens (tertiary/aromatic N) is 2. The maximum Gasteiger partial charge on any atom is 0.253 e. The minimum atomic E-state index is -3.50. The predicted octanol–water partition coefficient (Wildman–Crippen LogP) is 1.81. The summed E-state index contributed by atoms with van der Waals surface area (Å²) in [5, 5.41) is 0. The van der Waals surface area contributed by atoms with Crippen LogP contribution in [0.5, 0.6) is 0 Å². The van der Waals surface area contributed by atoms with Gasteiger partial charge in [-0.05, 0) is 45.0 Å². The van der Waals surface area contributed by atoms with Crippen molar-refractivity contribution >= 4 is 15.9 Å². The first kappa shape index (κ1) is 16.7. The molecule has 0 atom stereocenters. The zero-order chi connectivity index (χ0) is 15.5. The first-order chi connectivity index (χ1) is 9.21. The Morgan fingerprint density at radius 2 is 1.65 bits per heavy atom. The van der Waals surface area contributed by atoms with Crippen LogP contribution in [0.1, 0.15) is 31.1 Å². The molecule has 0 bridgehead atoms. The van der Waals surface area contributed by atoms with Gasteiger partial charge in [-0.15, -0.1) is 0 Å². The van der Waals surface area contributed by atoms with Gasteiger partial charge in [0.25, 0.3) is 5.91 Å². The average Bonchev–Trinajstić information content (AvgIpc) is 2.44. The van der Waals surface area contributed by atoms with Gasteiger partial charge in [0.15, 0.2) is 0 Å². The lowest BCUT2D eigenvalue weighted by molar-refractivity contribution is 0.0802. The molecule has 1 rings (SSSR count). The van der Waals surface area contributed by atoms with Crippen molar-refractivity contribution < 1.29 is 13.2 Å². The number of amides is 1. The zero-order valence-corrected chi connectivity index (χ0v) is 13.4. The van der Waals surface area contributed by atoms with Crippen molar-refractivity contribution in [3.63, 3.8) is 0 Å². The van der Waals surface area contributed by atoms with Crippen molar-refractivity contribution in [1.29, 1.82) is 0 Å². The lowest BCUT2D eigenvalue weighted by Gasteiger charge is -2.21. The number of hydrogen-bond donors (Lipinski definition) is 0. The zero-order valence-electron chi connectivity index (χ0n) is 12.6.